The lowest BCUT2D eigenvalue weighted by Gasteiger charge is -2.14. The molecule has 0 unspecified atom stereocenters. The highest BCUT2D eigenvalue weighted by Gasteiger charge is 2.38. The molecule has 3 N–H and O–H groups in total. The molecule has 1 saturated heterocycles. The number of carbonyl (C=O) groups excluding carboxylic acids is 3. The lowest BCUT2D eigenvalue weighted by Crippen LogP contribution is -2.37. The zero-order chi connectivity index (χ0) is 23.4. The predicted octanol–water partition coefficient (Wildman–Crippen LogP) is 2.53. The Kier molecular flexibility index (Phi) is 6.58. The van der Waals surface area contributed by atoms with Crippen molar-refractivity contribution in [1.29, 1.82) is 0 Å². The molecule has 2 heterocycles. The Labute approximate surface area is 190 Å². The normalized spacial score (nSPS) is 15.7. The molecule has 0 spiro atoms. The quantitative estimate of drug-likeness (QED) is 0.434. The van der Waals surface area contributed by atoms with Gasteiger partial charge in [-0.3, -0.25) is 14.5 Å². The maximum absolute atomic E-state index is 13.5. The van der Waals surface area contributed by atoms with Crippen LogP contribution < -0.4 is 15.4 Å². The summed E-state index contributed by atoms with van der Waals surface area (Å²) in [6, 6.07) is 10.5. The van der Waals surface area contributed by atoms with Gasteiger partial charge in [0.25, 0.3) is 5.91 Å². The van der Waals surface area contributed by atoms with Crippen LogP contribution in [0.15, 0.2) is 48.7 Å². The second-order valence-electron chi connectivity index (χ2n) is 7.86. The molecule has 0 radical (unpaired) electrons. The molecule has 1 aliphatic rings. The number of H-pyrrole nitrogens is 1. The fourth-order valence-corrected chi connectivity index (χ4v) is 4.02. The Hall–Kier alpha value is -3.88. The van der Waals surface area contributed by atoms with E-state index in [0.717, 1.165) is 26.9 Å². The summed E-state index contributed by atoms with van der Waals surface area (Å²) in [4.78, 5) is 41.5. The molecule has 33 heavy (non-hydrogen) atoms. The number of aromatic nitrogens is 1. The smallest absolute Gasteiger partial charge is 0.324 e. The number of para-hydroxylation sites is 1. The van der Waals surface area contributed by atoms with Gasteiger partial charge in [-0.25, -0.2) is 9.18 Å². The number of ether oxygens (including phenoxy) is 1. The highest BCUT2D eigenvalue weighted by molar-refractivity contribution is 6.05. The summed E-state index contributed by atoms with van der Waals surface area (Å²) in [6.07, 6.45) is 2.60. The van der Waals surface area contributed by atoms with E-state index in [1.54, 1.807) is 19.4 Å². The van der Waals surface area contributed by atoms with E-state index in [9.17, 15) is 18.8 Å². The molecule has 8 nitrogen and oxygen atoms in total. The summed E-state index contributed by atoms with van der Waals surface area (Å²) in [5.74, 6) is -0.389. The van der Waals surface area contributed by atoms with Gasteiger partial charge in [0.1, 0.15) is 17.6 Å². The van der Waals surface area contributed by atoms with E-state index in [2.05, 4.69) is 15.6 Å². The first-order chi connectivity index (χ1) is 16.0. The zero-order valence-electron chi connectivity index (χ0n) is 18.2. The largest absolute Gasteiger partial charge is 0.496 e. The zero-order valence-corrected chi connectivity index (χ0v) is 18.2. The van der Waals surface area contributed by atoms with Crippen molar-refractivity contribution in [3.8, 4) is 5.75 Å². The third-order valence-electron chi connectivity index (χ3n) is 5.74. The summed E-state index contributed by atoms with van der Waals surface area (Å²) < 4.78 is 18.8. The molecular weight excluding hydrogens is 427 g/mol. The molecule has 0 bridgehead atoms. The van der Waals surface area contributed by atoms with Crippen molar-refractivity contribution >= 4 is 28.7 Å². The number of hydrogen-bond acceptors (Lipinski definition) is 4. The van der Waals surface area contributed by atoms with Gasteiger partial charge in [-0.15, -0.1) is 0 Å². The standard InChI is InChI=1S/C24H25FN4O4/c1-33-21-5-3-2-4-15(21)9-11-29-23(31)20(28-24(29)32)13-22(30)26-10-8-16-14-27-19-7-6-17(25)12-18(16)19/h2-7,12,14,20,27H,8-11,13H2,1H3,(H,26,30)(H,28,32)/t20-/m1/s1. The van der Waals surface area contributed by atoms with Gasteiger partial charge in [0.15, 0.2) is 0 Å². The van der Waals surface area contributed by atoms with Crippen LogP contribution in [0.25, 0.3) is 10.9 Å². The van der Waals surface area contributed by atoms with Crippen molar-refractivity contribution in [1.82, 2.24) is 20.5 Å². The van der Waals surface area contributed by atoms with Crippen LogP contribution in [0.1, 0.15) is 17.5 Å². The van der Waals surface area contributed by atoms with E-state index in [0.29, 0.717) is 25.1 Å². The van der Waals surface area contributed by atoms with E-state index in [4.69, 9.17) is 4.74 Å². The molecule has 172 valence electrons. The van der Waals surface area contributed by atoms with Crippen LogP contribution in [0.5, 0.6) is 5.75 Å². The van der Waals surface area contributed by atoms with Crippen molar-refractivity contribution < 1.29 is 23.5 Å². The van der Waals surface area contributed by atoms with E-state index in [1.165, 1.54) is 12.1 Å². The summed E-state index contributed by atoms with van der Waals surface area (Å²) in [5.41, 5.74) is 2.60. The summed E-state index contributed by atoms with van der Waals surface area (Å²) in [6.45, 7) is 0.523. The number of halogens is 1. The maximum Gasteiger partial charge on any atom is 0.324 e. The molecule has 0 saturated carbocycles. The van der Waals surface area contributed by atoms with Crippen molar-refractivity contribution in [3.05, 3.63) is 65.6 Å². The highest BCUT2D eigenvalue weighted by atomic mass is 19.1. The van der Waals surface area contributed by atoms with Crippen LogP contribution in [0, 0.1) is 5.82 Å². The van der Waals surface area contributed by atoms with Crippen LogP contribution in [-0.2, 0) is 22.4 Å². The Morgan fingerprint density at radius 2 is 1.97 bits per heavy atom. The lowest BCUT2D eigenvalue weighted by atomic mass is 10.1. The second-order valence-corrected chi connectivity index (χ2v) is 7.86. The summed E-state index contributed by atoms with van der Waals surface area (Å²) >= 11 is 0. The fourth-order valence-electron chi connectivity index (χ4n) is 4.02. The van der Waals surface area contributed by atoms with E-state index >= 15 is 0 Å². The number of urea groups is 1. The Bertz CT molecular complexity index is 1190. The summed E-state index contributed by atoms with van der Waals surface area (Å²) in [7, 11) is 1.57. The SMILES string of the molecule is COc1ccccc1CCN1C(=O)N[C@H](CC(=O)NCCc2c[nH]c3ccc(F)cc23)C1=O. The number of rotatable bonds is 9. The average molecular weight is 452 g/mol. The van der Waals surface area contributed by atoms with Crippen LogP contribution in [0.4, 0.5) is 9.18 Å². The van der Waals surface area contributed by atoms with Gasteiger partial charge in [-0.1, -0.05) is 18.2 Å². The minimum absolute atomic E-state index is 0.141. The highest BCUT2D eigenvalue weighted by Crippen LogP contribution is 2.20. The predicted molar refractivity (Wildman–Crippen MR) is 120 cm³/mol. The van der Waals surface area contributed by atoms with Gasteiger partial charge >= 0.3 is 6.03 Å². The number of aromatic amines is 1. The van der Waals surface area contributed by atoms with Gasteiger partial charge in [-0.05, 0) is 48.2 Å². The minimum Gasteiger partial charge on any atom is -0.496 e. The first kappa shape index (κ1) is 22.3. The van der Waals surface area contributed by atoms with E-state index in [1.807, 2.05) is 24.3 Å². The molecule has 2 aromatic carbocycles. The molecule has 0 aliphatic carbocycles. The third-order valence-corrected chi connectivity index (χ3v) is 5.74. The molecular formula is C24H25FN4O4. The van der Waals surface area contributed by atoms with Gasteiger partial charge in [0.2, 0.25) is 5.91 Å². The Morgan fingerprint density at radius 3 is 2.79 bits per heavy atom. The van der Waals surface area contributed by atoms with Crippen molar-refractivity contribution in [3.63, 3.8) is 0 Å². The number of imide groups is 1. The number of methoxy groups -OCH3 is 1. The number of carbonyl (C=O) groups is 3. The van der Waals surface area contributed by atoms with Crippen LogP contribution in [0.3, 0.4) is 0 Å². The molecule has 3 aromatic rings. The van der Waals surface area contributed by atoms with Gasteiger partial charge in [0, 0.05) is 30.2 Å². The molecule has 1 atom stereocenters. The second kappa shape index (κ2) is 9.72. The minimum atomic E-state index is -0.891. The number of amides is 4. The van der Waals surface area contributed by atoms with E-state index < -0.39 is 18.0 Å². The third kappa shape index (κ3) is 4.97. The fraction of sp³-hybridized carbons (Fsp3) is 0.292. The van der Waals surface area contributed by atoms with Crippen molar-refractivity contribution in [2.45, 2.75) is 25.3 Å². The molecule has 9 heteroatoms. The molecule has 4 rings (SSSR count). The van der Waals surface area contributed by atoms with Gasteiger partial charge in [0.05, 0.1) is 13.5 Å². The molecule has 1 aliphatic heterocycles. The van der Waals surface area contributed by atoms with E-state index in [-0.39, 0.29) is 24.7 Å². The Morgan fingerprint density at radius 1 is 1.15 bits per heavy atom. The summed E-state index contributed by atoms with van der Waals surface area (Å²) in [5, 5.41) is 6.12. The molecule has 1 aromatic heterocycles. The van der Waals surface area contributed by atoms with Crippen molar-refractivity contribution in [2.75, 3.05) is 20.2 Å². The number of fused-ring (bicyclic) bond motifs is 1. The first-order valence-corrected chi connectivity index (χ1v) is 10.7. The maximum atomic E-state index is 13.5. The van der Waals surface area contributed by atoms with Crippen molar-refractivity contribution in [2.24, 2.45) is 0 Å². The van der Waals surface area contributed by atoms with Gasteiger partial charge < -0.3 is 20.4 Å². The lowest BCUT2D eigenvalue weighted by molar-refractivity contribution is -0.130. The number of benzene rings is 2. The Balaban J connectivity index is 1.27. The topological polar surface area (TPSA) is 104 Å². The molecule has 1 fully saturated rings. The van der Waals surface area contributed by atoms with Crippen LogP contribution in [-0.4, -0.2) is 54.0 Å². The number of nitrogens with one attached hydrogen (secondary N) is 3. The average Bonchev–Trinajstić information content (AvgIpc) is 3.32. The van der Waals surface area contributed by atoms with Crippen LogP contribution in [0.2, 0.25) is 0 Å². The number of hydrogen-bond donors (Lipinski definition) is 3. The monoisotopic (exact) mass is 452 g/mol. The molecule has 4 amide bonds. The number of nitrogens with zero attached hydrogens (tertiary/aromatic N) is 1. The van der Waals surface area contributed by atoms with Gasteiger partial charge in [-0.2, -0.15) is 0 Å². The van der Waals surface area contributed by atoms with Crippen LogP contribution >= 0.6 is 0 Å². The first-order valence-electron chi connectivity index (χ1n) is 10.7.